The fourth-order valence-corrected chi connectivity index (χ4v) is 2.60. The first-order valence-corrected chi connectivity index (χ1v) is 6.43. The molecule has 2 atom stereocenters. The number of rotatable bonds is 3. The van der Waals surface area contributed by atoms with Gasteiger partial charge in [0.1, 0.15) is 11.9 Å². The number of carboxylic acids is 1. The molecule has 2 unspecified atom stereocenters. The topological polar surface area (TPSA) is 86.0 Å². The summed E-state index contributed by atoms with van der Waals surface area (Å²) in [5.41, 5.74) is -0.358. The van der Waals surface area contributed by atoms with Crippen LogP contribution in [0.15, 0.2) is 18.3 Å². The van der Waals surface area contributed by atoms with Crippen LogP contribution in [0.2, 0.25) is 0 Å². The minimum Gasteiger partial charge on any atom is -0.481 e. The molecule has 0 aliphatic heterocycles. The summed E-state index contributed by atoms with van der Waals surface area (Å²) in [4.78, 5) is 15.6. The fourth-order valence-electron chi connectivity index (χ4n) is 2.60. The summed E-state index contributed by atoms with van der Waals surface area (Å²) in [7, 11) is 0. The van der Waals surface area contributed by atoms with Crippen molar-refractivity contribution in [2.24, 2.45) is 5.41 Å². The van der Waals surface area contributed by atoms with Gasteiger partial charge in [0.2, 0.25) is 0 Å². The van der Waals surface area contributed by atoms with Crippen LogP contribution in [0.4, 0.5) is 5.82 Å². The predicted octanol–water partition coefficient (Wildman–Crippen LogP) is 2.40. The minimum absolute atomic E-state index is 0.194. The van der Waals surface area contributed by atoms with Crippen molar-refractivity contribution >= 4 is 11.8 Å². The molecule has 1 aliphatic carbocycles. The standard InChI is InChI=1S/C14H17N3O2/c1-14(13(18)19)7-3-2-6-11(14)17-12-10(9-15)5-4-8-16-12/h4-5,8,11H,2-3,6-7H2,1H3,(H,16,17)(H,18,19). The summed E-state index contributed by atoms with van der Waals surface area (Å²) in [6.07, 6.45) is 4.95. The normalized spacial score (nSPS) is 26.4. The second-order valence-electron chi connectivity index (χ2n) is 5.18. The van der Waals surface area contributed by atoms with E-state index in [9.17, 15) is 9.90 Å². The summed E-state index contributed by atoms with van der Waals surface area (Å²) >= 11 is 0. The Morgan fingerprint density at radius 2 is 2.42 bits per heavy atom. The molecule has 1 aliphatic rings. The molecule has 5 heteroatoms. The highest BCUT2D eigenvalue weighted by atomic mass is 16.4. The first-order chi connectivity index (χ1) is 9.08. The quantitative estimate of drug-likeness (QED) is 0.870. The van der Waals surface area contributed by atoms with Gasteiger partial charge < -0.3 is 10.4 Å². The molecule has 0 saturated heterocycles. The molecule has 2 rings (SSSR count). The number of aromatic nitrogens is 1. The average Bonchev–Trinajstić information content (AvgIpc) is 2.42. The van der Waals surface area contributed by atoms with Crippen molar-refractivity contribution in [3.8, 4) is 6.07 Å². The van der Waals surface area contributed by atoms with Gasteiger partial charge in [-0.05, 0) is 31.9 Å². The zero-order valence-electron chi connectivity index (χ0n) is 10.9. The van der Waals surface area contributed by atoms with Crippen LogP contribution in [-0.2, 0) is 4.79 Å². The number of nitriles is 1. The largest absolute Gasteiger partial charge is 0.481 e. The van der Waals surface area contributed by atoms with Crippen molar-refractivity contribution in [1.29, 1.82) is 5.26 Å². The number of nitrogens with zero attached hydrogens (tertiary/aromatic N) is 2. The van der Waals surface area contributed by atoms with Gasteiger partial charge in [-0.25, -0.2) is 4.98 Å². The Balaban J connectivity index is 2.26. The summed E-state index contributed by atoms with van der Waals surface area (Å²) in [5, 5.41) is 21.6. The highest BCUT2D eigenvalue weighted by Crippen LogP contribution is 2.38. The number of carbonyl (C=O) groups is 1. The maximum atomic E-state index is 11.5. The maximum absolute atomic E-state index is 11.5. The predicted molar refractivity (Wildman–Crippen MR) is 70.6 cm³/mol. The van der Waals surface area contributed by atoms with E-state index in [-0.39, 0.29) is 6.04 Å². The molecular weight excluding hydrogens is 242 g/mol. The van der Waals surface area contributed by atoms with Crippen LogP contribution in [0.25, 0.3) is 0 Å². The average molecular weight is 259 g/mol. The number of anilines is 1. The van der Waals surface area contributed by atoms with Gasteiger partial charge >= 0.3 is 5.97 Å². The van der Waals surface area contributed by atoms with Crippen LogP contribution in [0.5, 0.6) is 0 Å². The smallest absolute Gasteiger partial charge is 0.311 e. The Morgan fingerprint density at radius 3 is 3.11 bits per heavy atom. The van der Waals surface area contributed by atoms with Gasteiger partial charge in [0.15, 0.2) is 0 Å². The van der Waals surface area contributed by atoms with Crippen molar-refractivity contribution in [1.82, 2.24) is 4.98 Å². The van der Waals surface area contributed by atoms with Crippen molar-refractivity contribution in [3.63, 3.8) is 0 Å². The summed E-state index contributed by atoms with van der Waals surface area (Å²) in [6, 6.07) is 5.25. The van der Waals surface area contributed by atoms with E-state index in [0.29, 0.717) is 17.8 Å². The molecule has 1 saturated carbocycles. The number of carboxylic acid groups (broad SMARTS) is 1. The zero-order valence-corrected chi connectivity index (χ0v) is 10.9. The molecule has 2 N–H and O–H groups in total. The van der Waals surface area contributed by atoms with Crippen LogP contribution >= 0.6 is 0 Å². The molecule has 5 nitrogen and oxygen atoms in total. The Kier molecular flexibility index (Phi) is 3.70. The Morgan fingerprint density at radius 1 is 1.63 bits per heavy atom. The van der Waals surface area contributed by atoms with Crippen molar-refractivity contribution in [3.05, 3.63) is 23.9 Å². The number of hydrogen-bond donors (Lipinski definition) is 2. The molecule has 0 amide bonds. The Hall–Kier alpha value is -2.09. The number of nitrogens with one attached hydrogen (secondary N) is 1. The molecule has 1 heterocycles. The molecular formula is C14H17N3O2. The van der Waals surface area contributed by atoms with Gasteiger partial charge in [0.05, 0.1) is 11.0 Å². The Bertz CT molecular complexity index is 524. The van der Waals surface area contributed by atoms with Crippen LogP contribution < -0.4 is 5.32 Å². The summed E-state index contributed by atoms with van der Waals surface area (Å²) in [6.45, 7) is 1.77. The Labute approximate surface area is 112 Å². The van der Waals surface area contributed by atoms with Crippen LogP contribution in [0.3, 0.4) is 0 Å². The third-order valence-electron chi connectivity index (χ3n) is 3.94. The van der Waals surface area contributed by atoms with Gasteiger partial charge in [-0.2, -0.15) is 5.26 Å². The molecule has 1 aromatic heterocycles. The van der Waals surface area contributed by atoms with Crippen LogP contribution in [0, 0.1) is 16.7 Å². The molecule has 1 aromatic rings. The van der Waals surface area contributed by atoms with Crippen LogP contribution in [0.1, 0.15) is 38.2 Å². The zero-order chi connectivity index (χ0) is 13.9. The molecule has 19 heavy (non-hydrogen) atoms. The summed E-state index contributed by atoms with van der Waals surface area (Å²) in [5.74, 6) is -0.316. The van der Waals surface area contributed by atoms with Gasteiger partial charge in [0, 0.05) is 12.2 Å². The van der Waals surface area contributed by atoms with Crippen LogP contribution in [-0.4, -0.2) is 22.1 Å². The fraction of sp³-hybridized carbons (Fsp3) is 0.500. The highest BCUT2D eigenvalue weighted by molar-refractivity contribution is 5.76. The SMILES string of the molecule is CC1(C(=O)O)CCCCC1Nc1ncccc1C#N. The lowest BCUT2D eigenvalue weighted by Crippen LogP contribution is -2.46. The minimum atomic E-state index is -0.803. The van der Waals surface area contributed by atoms with Crippen molar-refractivity contribution < 1.29 is 9.90 Å². The van der Waals surface area contributed by atoms with E-state index in [0.717, 1.165) is 19.3 Å². The van der Waals surface area contributed by atoms with E-state index in [2.05, 4.69) is 16.4 Å². The molecule has 0 radical (unpaired) electrons. The van der Waals surface area contributed by atoms with E-state index >= 15 is 0 Å². The highest BCUT2D eigenvalue weighted by Gasteiger charge is 2.43. The van der Waals surface area contributed by atoms with Crippen molar-refractivity contribution in [2.75, 3.05) is 5.32 Å². The number of aliphatic carboxylic acids is 1. The lowest BCUT2D eigenvalue weighted by molar-refractivity contribution is -0.150. The van der Waals surface area contributed by atoms with E-state index in [1.54, 1.807) is 25.3 Å². The first-order valence-electron chi connectivity index (χ1n) is 6.43. The molecule has 100 valence electrons. The molecule has 0 bridgehead atoms. The summed E-state index contributed by atoms with van der Waals surface area (Å²) < 4.78 is 0. The second-order valence-corrected chi connectivity index (χ2v) is 5.18. The van der Waals surface area contributed by atoms with E-state index < -0.39 is 11.4 Å². The third-order valence-corrected chi connectivity index (χ3v) is 3.94. The van der Waals surface area contributed by atoms with Gasteiger partial charge in [-0.15, -0.1) is 0 Å². The lowest BCUT2D eigenvalue weighted by atomic mass is 9.71. The van der Waals surface area contributed by atoms with Crippen molar-refractivity contribution in [2.45, 2.75) is 38.6 Å². The van der Waals surface area contributed by atoms with E-state index in [1.165, 1.54) is 0 Å². The maximum Gasteiger partial charge on any atom is 0.311 e. The van der Waals surface area contributed by atoms with Gasteiger partial charge in [-0.1, -0.05) is 12.8 Å². The third kappa shape index (κ3) is 2.53. The van der Waals surface area contributed by atoms with E-state index in [4.69, 9.17) is 5.26 Å². The lowest BCUT2D eigenvalue weighted by Gasteiger charge is -2.38. The monoisotopic (exact) mass is 259 g/mol. The van der Waals surface area contributed by atoms with Gasteiger partial charge in [0.25, 0.3) is 0 Å². The number of pyridine rings is 1. The van der Waals surface area contributed by atoms with Gasteiger partial charge in [-0.3, -0.25) is 4.79 Å². The molecule has 0 aromatic carbocycles. The molecule has 0 spiro atoms. The second kappa shape index (κ2) is 5.27. The molecule has 1 fully saturated rings. The van der Waals surface area contributed by atoms with E-state index in [1.807, 2.05) is 0 Å². The first kappa shape index (κ1) is 13.3. The number of hydrogen-bond acceptors (Lipinski definition) is 4.